The quantitative estimate of drug-likeness (QED) is 0.783. The number of aryl methyl sites for hydroxylation is 1. The van der Waals surface area contributed by atoms with Crippen molar-refractivity contribution in [3.63, 3.8) is 0 Å². The molecule has 2 nitrogen and oxygen atoms in total. The molecule has 80 valence electrons. The van der Waals surface area contributed by atoms with E-state index in [1.807, 2.05) is 19.1 Å². The lowest BCUT2D eigenvalue weighted by atomic mass is 10.00. The van der Waals surface area contributed by atoms with E-state index < -0.39 is 0 Å². The van der Waals surface area contributed by atoms with E-state index in [2.05, 4.69) is 13.8 Å². The molecule has 1 aromatic carbocycles. The van der Waals surface area contributed by atoms with E-state index >= 15 is 0 Å². The highest BCUT2D eigenvalue weighted by Gasteiger charge is 2.10. The third-order valence-electron chi connectivity index (χ3n) is 2.21. The van der Waals surface area contributed by atoms with Gasteiger partial charge in [-0.05, 0) is 30.0 Å². The zero-order valence-electron chi connectivity index (χ0n) is 9.17. The van der Waals surface area contributed by atoms with E-state index in [0.29, 0.717) is 16.7 Å². The van der Waals surface area contributed by atoms with Crippen LogP contribution in [0.25, 0.3) is 0 Å². The molecule has 0 fully saturated rings. The number of nitrogens with zero attached hydrogens (tertiary/aromatic N) is 1. The van der Waals surface area contributed by atoms with Gasteiger partial charge in [-0.3, -0.25) is 0 Å². The Morgan fingerprint density at radius 2 is 2.13 bits per heavy atom. The van der Waals surface area contributed by atoms with Gasteiger partial charge in [0.05, 0.1) is 0 Å². The Balaban J connectivity index is 3.11. The normalized spacial score (nSPS) is 10.1. The van der Waals surface area contributed by atoms with Gasteiger partial charge in [0.25, 0.3) is 0 Å². The van der Waals surface area contributed by atoms with E-state index in [9.17, 15) is 0 Å². The van der Waals surface area contributed by atoms with Crippen molar-refractivity contribution >= 4 is 11.6 Å². The largest absolute Gasteiger partial charge is 0.478 e. The van der Waals surface area contributed by atoms with Crippen LogP contribution in [0, 0.1) is 18.3 Å². The van der Waals surface area contributed by atoms with Gasteiger partial charge in [0.15, 0.2) is 6.61 Å². The minimum atomic E-state index is 0.0547. The SMILES string of the molecule is Cc1cc(C(C)C)c(OCC#N)cc1Cl. The number of hydrogen-bond donors (Lipinski definition) is 0. The molecule has 0 heterocycles. The van der Waals surface area contributed by atoms with Gasteiger partial charge in [-0.15, -0.1) is 0 Å². The maximum absolute atomic E-state index is 8.47. The fourth-order valence-corrected chi connectivity index (χ4v) is 1.53. The van der Waals surface area contributed by atoms with E-state index in [-0.39, 0.29) is 6.61 Å². The average molecular weight is 224 g/mol. The van der Waals surface area contributed by atoms with Crippen LogP contribution >= 0.6 is 11.6 Å². The van der Waals surface area contributed by atoms with Gasteiger partial charge in [0, 0.05) is 5.02 Å². The summed E-state index contributed by atoms with van der Waals surface area (Å²) in [6.45, 7) is 6.19. The van der Waals surface area contributed by atoms with Crippen LogP contribution in [0.1, 0.15) is 30.9 Å². The minimum Gasteiger partial charge on any atom is -0.478 e. The molecule has 0 aliphatic rings. The van der Waals surface area contributed by atoms with Crippen molar-refractivity contribution in [2.45, 2.75) is 26.7 Å². The summed E-state index contributed by atoms with van der Waals surface area (Å²) >= 11 is 6.01. The van der Waals surface area contributed by atoms with E-state index in [1.165, 1.54) is 0 Å². The van der Waals surface area contributed by atoms with Crippen LogP contribution in [0.2, 0.25) is 5.02 Å². The highest BCUT2D eigenvalue weighted by molar-refractivity contribution is 6.31. The second-order valence-electron chi connectivity index (χ2n) is 3.74. The van der Waals surface area contributed by atoms with Crippen LogP contribution in [0.15, 0.2) is 12.1 Å². The topological polar surface area (TPSA) is 33.0 Å². The van der Waals surface area contributed by atoms with Gasteiger partial charge >= 0.3 is 0 Å². The first-order valence-corrected chi connectivity index (χ1v) is 5.23. The van der Waals surface area contributed by atoms with E-state index in [1.54, 1.807) is 6.07 Å². The Hall–Kier alpha value is -1.20. The van der Waals surface area contributed by atoms with E-state index in [4.69, 9.17) is 21.6 Å². The number of hydrogen-bond acceptors (Lipinski definition) is 2. The molecule has 0 atom stereocenters. The minimum absolute atomic E-state index is 0.0547. The van der Waals surface area contributed by atoms with Gasteiger partial charge in [-0.25, -0.2) is 0 Å². The summed E-state index contributed by atoms with van der Waals surface area (Å²) in [5, 5.41) is 9.15. The van der Waals surface area contributed by atoms with Crippen molar-refractivity contribution in [1.82, 2.24) is 0 Å². The number of ether oxygens (including phenoxy) is 1. The molecular formula is C12H14ClNO. The third kappa shape index (κ3) is 2.87. The predicted molar refractivity (Wildman–Crippen MR) is 61.4 cm³/mol. The molecule has 0 aliphatic heterocycles. The summed E-state index contributed by atoms with van der Waals surface area (Å²) in [7, 11) is 0. The summed E-state index contributed by atoms with van der Waals surface area (Å²) in [4.78, 5) is 0. The monoisotopic (exact) mass is 223 g/mol. The van der Waals surface area contributed by atoms with Gasteiger partial charge < -0.3 is 4.74 Å². The summed E-state index contributed by atoms with van der Waals surface area (Å²) < 4.78 is 5.34. The Bertz CT molecular complexity index is 393. The molecule has 1 rings (SSSR count). The summed E-state index contributed by atoms with van der Waals surface area (Å²) in [6, 6.07) is 5.75. The lowest BCUT2D eigenvalue weighted by molar-refractivity contribution is 0.362. The molecule has 3 heteroatoms. The van der Waals surface area contributed by atoms with Crippen molar-refractivity contribution in [1.29, 1.82) is 5.26 Å². The van der Waals surface area contributed by atoms with Crippen LogP contribution in [-0.4, -0.2) is 6.61 Å². The van der Waals surface area contributed by atoms with Crippen LogP contribution in [0.3, 0.4) is 0 Å². The number of benzene rings is 1. The molecule has 0 amide bonds. The number of halogens is 1. The van der Waals surface area contributed by atoms with Gasteiger partial charge in [0.1, 0.15) is 11.8 Å². The van der Waals surface area contributed by atoms with Gasteiger partial charge in [-0.1, -0.05) is 31.5 Å². The van der Waals surface area contributed by atoms with Crippen LogP contribution < -0.4 is 4.74 Å². The zero-order chi connectivity index (χ0) is 11.4. The molecule has 0 aromatic heterocycles. The highest BCUT2D eigenvalue weighted by Crippen LogP contribution is 2.31. The summed E-state index contributed by atoms with van der Waals surface area (Å²) in [5.41, 5.74) is 2.12. The van der Waals surface area contributed by atoms with Crippen LogP contribution in [0.5, 0.6) is 5.75 Å². The third-order valence-corrected chi connectivity index (χ3v) is 2.61. The van der Waals surface area contributed by atoms with Crippen molar-refractivity contribution in [2.24, 2.45) is 0 Å². The van der Waals surface area contributed by atoms with Gasteiger partial charge in [-0.2, -0.15) is 5.26 Å². The summed E-state index contributed by atoms with van der Waals surface area (Å²) in [5.74, 6) is 1.07. The fourth-order valence-electron chi connectivity index (χ4n) is 1.37. The molecule has 0 spiro atoms. The van der Waals surface area contributed by atoms with Crippen molar-refractivity contribution in [3.8, 4) is 11.8 Å². The molecular weight excluding hydrogens is 210 g/mol. The molecule has 0 saturated heterocycles. The Morgan fingerprint density at radius 3 is 2.67 bits per heavy atom. The first-order chi connectivity index (χ1) is 7.06. The van der Waals surface area contributed by atoms with Crippen LogP contribution in [0.4, 0.5) is 0 Å². The maximum atomic E-state index is 8.47. The average Bonchev–Trinajstić information content (AvgIpc) is 2.19. The molecule has 0 unspecified atom stereocenters. The van der Waals surface area contributed by atoms with Crippen molar-refractivity contribution < 1.29 is 4.74 Å². The van der Waals surface area contributed by atoms with Gasteiger partial charge in [0.2, 0.25) is 0 Å². The Labute approximate surface area is 95.4 Å². The molecule has 0 saturated carbocycles. The highest BCUT2D eigenvalue weighted by atomic mass is 35.5. The number of nitriles is 1. The number of rotatable bonds is 3. The lowest BCUT2D eigenvalue weighted by Gasteiger charge is -2.14. The fraction of sp³-hybridized carbons (Fsp3) is 0.417. The molecule has 1 aromatic rings. The Morgan fingerprint density at radius 1 is 1.47 bits per heavy atom. The summed E-state index contributed by atoms with van der Waals surface area (Å²) in [6.07, 6.45) is 0. The van der Waals surface area contributed by atoms with Crippen LogP contribution in [-0.2, 0) is 0 Å². The smallest absolute Gasteiger partial charge is 0.174 e. The standard InChI is InChI=1S/C12H14ClNO/c1-8(2)10-6-9(3)11(13)7-12(10)15-5-4-14/h6-8H,5H2,1-3H3. The van der Waals surface area contributed by atoms with E-state index in [0.717, 1.165) is 11.1 Å². The molecule has 15 heavy (non-hydrogen) atoms. The first-order valence-electron chi connectivity index (χ1n) is 4.86. The van der Waals surface area contributed by atoms with Crippen molar-refractivity contribution in [3.05, 3.63) is 28.3 Å². The lowest BCUT2D eigenvalue weighted by Crippen LogP contribution is -2.00. The second-order valence-corrected chi connectivity index (χ2v) is 4.15. The van der Waals surface area contributed by atoms with Crippen molar-refractivity contribution in [2.75, 3.05) is 6.61 Å². The first kappa shape index (κ1) is 11.9. The zero-order valence-corrected chi connectivity index (χ0v) is 9.93. The Kier molecular flexibility index (Phi) is 3.99. The molecule has 0 N–H and O–H groups in total. The molecule has 0 bridgehead atoms. The molecule has 0 aliphatic carbocycles. The maximum Gasteiger partial charge on any atom is 0.174 e. The second kappa shape index (κ2) is 5.04. The molecule has 0 radical (unpaired) electrons. The predicted octanol–water partition coefficient (Wildman–Crippen LogP) is 3.67.